The van der Waals surface area contributed by atoms with E-state index in [4.69, 9.17) is 11.6 Å². The summed E-state index contributed by atoms with van der Waals surface area (Å²) in [5.74, 6) is -1.29. The van der Waals surface area contributed by atoms with E-state index in [1.807, 2.05) is 18.2 Å². The van der Waals surface area contributed by atoms with Gasteiger partial charge in [0, 0.05) is 30.2 Å². The molecule has 150 valence electrons. The zero-order valence-corrected chi connectivity index (χ0v) is 16.9. The lowest BCUT2D eigenvalue weighted by molar-refractivity contribution is 0.0954. The Bertz CT molecular complexity index is 960. The van der Waals surface area contributed by atoms with E-state index in [9.17, 15) is 17.6 Å². The lowest BCUT2D eigenvalue weighted by Gasteiger charge is -2.26. The fraction of sp³-hybridized carbons (Fsp3) is 0.350. The van der Waals surface area contributed by atoms with Crippen LogP contribution >= 0.6 is 11.6 Å². The zero-order valence-electron chi connectivity index (χ0n) is 15.3. The van der Waals surface area contributed by atoms with Gasteiger partial charge in [-0.15, -0.1) is 0 Å². The highest BCUT2D eigenvalue weighted by atomic mass is 35.5. The number of benzene rings is 2. The molecule has 0 spiro atoms. The highest BCUT2D eigenvalue weighted by molar-refractivity contribution is 7.89. The summed E-state index contributed by atoms with van der Waals surface area (Å²) in [6.07, 6.45) is 3.05. The highest BCUT2D eigenvalue weighted by Gasteiger charge is 2.29. The number of halogens is 2. The van der Waals surface area contributed by atoms with Gasteiger partial charge in [-0.3, -0.25) is 4.79 Å². The third-order valence-electron chi connectivity index (χ3n) is 4.71. The van der Waals surface area contributed by atoms with E-state index in [0.29, 0.717) is 31.1 Å². The molecule has 0 aromatic heterocycles. The van der Waals surface area contributed by atoms with Gasteiger partial charge in [0.1, 0.15) is 10.7 Å². The highest BCUT2D eigenvalue weighted by Crippen LogP contribution is 2.24. The van der Waals surface area contributed by atoms with Crippen LogP contribution in [0, 0.1) is 5.82 Å². The van der Waals surface area contributed by atoms with E-state index >= 15 is 0 Å². The van der Waals surface area contributed by atoms with Gasteiger partial charge in [-0.25, -0.2) is 12.8 Å². The molecule has 5 nitrogen and oxygen atoms in total. The topological polar surface area (TPSA) is 66.5 Å². The van der Waals surface area contributed by atoms with Gasteiger partial charge in [0.15, 0.2) is 0 Å². The van der Waals surface area contributed by atoms with Gasteiger partial charge in [-0.1, -0.05) is 30.2 Å². The number of nitrogens with zero attached hydrogens (tertiary/aromatic N) is 1. The van der Waals surface area contributed by atoms with Crippen LogP contribution in [-0.2, 0) is 16.4 Å². The van der Waals surface area contributed by atoms with Crippen molar-refractivity contribution in [2.24, 2.45) is 0 Å². The number of sulfonamides is 1. The molecule has 0 radical (unpaired) electrons. The molecule has 28 heavy (non-hydrogen) atoms. The van der Waals surface area contributed by atoms with E-state index < -0.39 is 26.6 Å². The van der Waals surface area contributed by atoms with Crippen molar-refractivity contribution in [1.82, 2.24) is 9.62 Å². The number of piperidine rings is 1. The van der Waals surface area contributed by atoms with E-state index in [0.717, 1.165) is 37.0 Å². The molecule has 1 fully saturated rings. The van der Waals surface area contributed by atoms with Crippen molar-refractivity contribution in [1.29, 1.82) is 0 Å². The normalized spacial score (nSPS) is 15.4. The number of carbonyl (C=O) groups is 1. The van der Waals surface area contributed by atoms with Crippen LogP contribution < -0.4 is 5.32 Å². The molecule has 1 heterocycles. The summed E-state index contributed by atoms with van der Waals surface area (Å²) in [6.45, 7) is 1.10. The first-order valence-electron chi connectivity index (χ1n) is 9.20. The Balaban J connectivity index is 1.70. The SMILES string of the molecule is O=C(NCCc1cccc(Cl)c1)c1ccc(F)c(S(=O)(=O)N2CCCCC2)c1. The Hall–Kier alpha value is -1.96. The summed E-state index contributed by atoms with van der Waals surface area (Å²) in [4.78, 5) is 12.0. The Morgan fingerprint density at radius 3 is 2.57 bits per heavy atom. The van der Waals surface area contributed by atoms with Gasteiger partial charge in [-0.05, 0) is 55.2 Å². The van der Waals surface area contributed by atoms with Crippen molar-refractivity contribution < 1.29 is 17.6 Å². The molecule has 2 aromatic carbocycles. The molecule has 0 saturated carbocycles. The molecule has 0 unspecified atom stereocenters. The molecular formula is C20H22ClFN2O3S. The number of rotatable bonds is 6. The maximum absolute atomic E-state index is 14.2. The molecule has 0 bridgehead atoms. The summed E-state index contributed by atoms with van der Waals surface area (Å²) in [5.41, 5.74) is 1.09. The van der Waals surface area contributed by atoms with Crippen LogP contribution in [0.4, 0.5) is 4.39 Å². The number of carbonyl (C=O) groups excluding carboxylic acids is 1. The van der Waals surface area contributed by atoms with E-state index in [-0.39, 0.29) is 5.56 Å². The lowest BCUT2D eigenvalue weighted by Crippen LogP contribution is -2.36. The van der Waals surface area contributed by atoms with Crippen LogP contribution in [0.5, 0.6) is 0 Å². The van der Waals surface area contributed by atoms with Crippen molar-refractivity contribution in [3.8, 4) is 0 Å². The van der Waals surface area contributed by atoms with Crippen molar-refractivity contribution in [2.45, 2.75) is 30.6 Å². The predicted molar refractivity (Wildman–Crippen MR) is 106 cm³/mol. The van der Waals surface area contributed by atoms with Crippen LogP contribution in [0.3, 0.4) is 0 Å². The number of nitrogens with one attached hydrogen (secondary N) is 1. The molecule has 3 rings (SSSR count). The average Bonchev–Trinajstić information content (AvgIpc) is 2.69. The molecule has 1 aliphatic heterocycles. The van der Waals surface area contributed by atoms with Gasteiger partial charge in [0.05, 0.1) is 0 Å². The maximum Gasteiger partial charge on any atom is 0.251 e. The quantitative estimate of drug-likeness (QED) is 0.770. The van der Waals surface area contributed by atoms with Gasteiger partial charge in [-0.2, -0.15) is 4.31 Å². The van der Waals surface area contributed by atoms with Gasteiger partial charge in [0.2, 0.25) is 10.0 Å². The third-order valence-corrected chi connectivity index (χ3v) is 6.86. The smallest absolute Gasteiger partial charge is 0.251 e. The molecular weight excluding hydrogens is 403 g/mol. The summed E-state index contributed by atoms with van der Waals surface area (Å²) in [7, 11) is -3.95. The second-order valence-corrected chi connectivity index (χ2v) is 9.09. The van der Waals surface area contributed by atoms with Crippen LogP contribution in [0.1, 0.15) is 35.2 Å². The Kier molecular flexibility index (Phi) is 6.69. The average molecular weight is 425 g/mol. The largest absolute Gasteiger partial charge is 0.352 e. The van der Waals surface area contributed by atoms with E-state index in [2.05, 4.69) is 5.32 Å². The fourth-order valence-electron chi connectivity index (χ4n) is 3.20. The Labute approximate surface area is 169 Å². The van der Waals surface area contributed by atoms with E-state index in [1.165, 1.54) is 10.4 Å². The molecule has 8 heteroatoms. The predicted octanol–water partition coefficient (Wildman–Crippen LogP) is 3.63. The van der Waals surface area contributed by atoms with Gasteiger partial charge < -0.3 is 5.32 Å². The minimum absolute atomic E-state index is 0.114. The summed E-state index contributed by atoms with van der Waals surface area (Å²) in [6, 6.07) is 10.8. The van der Waals surface area contributed by atoms with Crippen molar-refractivity contribution in [3.63, 3.8) is 0 Å². The van der Waals surface area contributed by atoms with E-state index in [1.54, 1.807) is 6.07 Å². The van der Waals surface area contributed by atoms with Crippen LogP contribution in [0.25, 0.3) is 0 Å². The Morgan fingerprint density at radius 1 is 1.11 bits per heavy atom. The fourth-order valence-corrected chi connectivity index (χ4v) is 5.02. The van der Waals surface area contributed by atoms with Crippen LogP contribution in [0.2, 0.25) is 5.02 Å². The monoisotopic (exact) mass is 424 g/mol. The van der Waals surface area contributed by atoms with Gasteiger partial charge >= 0.3 is 0 Å². The maximum atomic E-state index is 14.2. The third kappa shape index (κ3) is 4.90. The first-order valence-corrected chi connectivity index (χ1v) is 11.0. The minimum Gasteiger partial charge on any atom is -0.352 e. The minimum atomic E-state index is -3.95. The number of hydrogen-bond acceptors (Lipinski definition) is 3. The summed E-state index contributed by atoms with van der Waals surface area (Å²) in [5, 5.41) is 3.35. The summed E-state index contributed by atoms with van der Waals surface area (Å²) < 4.78 is 41.0. The number of amides is 1. The molecule has 1 amide bonds. The van der Waals surface area contributed by atoms with Crippen LogP contribution in [-0.4, -0.2) is 38.3 Å². The summed E-state index contributed by atoms with van der Waals surface area (Å²) >= 11 is 5.94. The molecule has 0 aliphatic carbocycles. The first kappa shape index (κ1) is 20.8. The second-order valence-electron chi connectivity index (χ2n) is 6.75. The van der Waals surface area contributed by atoms with Crippen molar-refractivity contribution in [2.75, 3.05) is 19.6 Å². The lowest BCUT2D eigenvalue weighted by atomic mass is 10.1. The second kappa shape index (κ2) is 9.03. The molecule has 1 aliphatic rings. The standard InChI is InChI=1S/C20H22ClFN2O3S/c21-17-6-4-5-15(13-17)9-10-23-20(25)16-7-8-18(22)19(14-16)28(26,27)24-11-2-1-3-12-24/h4-8,13-14H,1-3,9-12H2,(H,23,25). The number of hydrogen-bond donors (Lipinski definition) is 1. The van der Waals surface area contributed by atoms with Crippen molar-refractivity contribution in [3.05, 3.63) is 64.4 Å². The first-order chi connectivity index (χ1) is 13.4. The molecule has 1 saturated heterocycles. The molecule has 2 aromatic rings. The van der Waals surface area contributed by atoms with Crippen LogP contribution in [0.15, 0.2) is 47.4 Å². The van der Waals surface area contributed by atoms with Gasteiger partial charge in [0.25, 0.3) is 5.91 Å². The Morgan fingerprint density at radius 2 is 1.86 bits per heavy atom. The molecule has 1 N–H and O–H groups in total. The zero-order chi connectivity index (χ0) is 20.1. The molecule has 0 atom stereocenters. The van der Waals surface area contributed by atoms with Crippen molar-refractivity contribution >= 4 is 27.5 Å².